The van der Waals surface area contributed by atoms with Crippen LogP contribution in [0.25, 0.3) is 11.0 Å². The van der Waals surface area contributed by atoms with Gasteiger partial charge < -0.3 is 14.5 Å². The first-order valence-electron chi connectivity index (χ1n) is 9.55. The van der Waals surface area contributed by atoms with E-state index in [1.807, 2.05) is 49.4 Å². The molecule has 1 N–H and O–H groups in total. The summed E-state index contributed by atoms with van der Waals surface area (Å²) in [7, 11) is 0. The Balaban J connectivity index is 1.42. The number of fused-ring (bicyclic) bond motifs is 1. The highest BCUT2D eigenvalue weighted by Gasteiger charge is 2.16. The van der Waals surface area contributed by atoms with Crippen LogP contribution in [0.4, 0.5) is 0 Å². The largest absolute Gasteiger partial charge is 0.489 e. The molecule has 0 aliphatic rings. The van der Waals surface area contributed by atoms with Crippen molar-refractivity contribution in [2.45, 2.75) is 19.6 Å². The van der Waals surface area contributed by atoms with Gasteiger partial charge >= 0.3 is 5.63 Å². The maximum atomic E-state index is 12.6. The molecule has 0 aliphatic heterocycles. The lowest BCUT2D eigenvalue weighted by molar-refractivity contribution is 0.0936. The molecule has 150 valence electrons. The molecular formula is C24H20N2O4. The molecule has 4 aromatic rings. The standard InChI is InChI=1S/C24H20N2O4/c1-16(18-8-10-20(11-9-18)29-15-17-5-4-12-25-14-17)26-23(27)21-13-19-6-2-3-7-22(19)30-24(21)28/h2-14,16H,15H2,1H3,(H,26,27). The first-order valence-corrected chi connectivity index (χ1v) is 9.55. The summed E-state index contributed by atoms with van der Waals surface area (Å²) in [5.74, 6) is 0.246. The van der Waals surface area contributed by atoms with Crippen LogP contribution in [0.3, 0.4) is 0 Å². The first-order chi connectivity index (χ1) is 14.6. The molecule has 0 saturated carbocycles. The summed E-state index contributed by atoms with van der Waals surface area (Å²) in [5.41, 5.74) is 1.65. The van der Waals surface area contributed by atoms with Gasteiger partial charge in [0.05, 0.1) is 6.04 Å². The van der Waals surface area contributed by atoms with E-state index >= 15 is 0 Å². The molecule has 2 aromatic heterocycles. The molecule has 0 saturated heterocycles. The third kappa shape index (κ3) is 4.38. The fourth-order valence-electron chi connectivity index (χ4n) is 3.08. The van der Waals surface area contributed by atoms with E-state index < -0.39 is 11.5 Å². The predicted octanol–water partition coefficient (Wildman–Crippen LogP) is 4.26. The SMILES string of the molecule is CC(NC(=O)c1cc2ccccc2oc1=O)c1ccc(OCc2cccnc2)cc1. The van der Waals surface area contributed by atoms with Crippen molar-refractivity contribution in [3.8, 4) is 5.75 Å². The number of para-hydroxylation sites is 1. The Morgan fingerprint density at radius 3 is 2.67 bits per heavy atom. The lowest BCUT2D eigenvalue weighted by Crippen LogP contribution is -2.30. The number of rotatable bonds is 6. The van der Waals surface area contributed by atoms with E-state index in [2.05, 4.69) is 10.3 Å². The maximum Gasteiger partial charge on any atom is 0.349 e. The summed E-state index contributed by atoms with van der Waals surface area (Å²) in [6.07, 6.45) is 3.48. The van der Waals surface area contributed by atoms with Gasteiger partial charge in [-0.05, 0) is 42.8 Å². The number of carbonyl (C=O) groups is 1. The Labute approximate surface area is 173 Å². The summed E-state index contributed by atoms with van der Waals surface area (Å²) in [6.45, 7) is 2.28. The average Bonchev–Trinajstić information content (AvgIpc) is 2.78. The quantitative estimate of drug-likeness (QED) is 0.489. The second-order valence-corrected chi connectivity index (χ2v) is 6.90. The highest BCUT2D eigenvalue weighted by molar-refractivity contribution is 5.96. The van der Waals surface area contributed by atoms with E-state index in [-0.39, 0.29) is 11.6 Å². The molecule has 30 heavy (non-hydrogen) atoms. The van der Waals surface area contributed by atoms with Gasteiger partial charge in [-0.2, -0.15) is 0 Å². The summed E-state index contributed by atoms with van der Waals surface area (Å²) in [5, 5.41) is 3.55. The Bertz CT molecular complexity index is 1220. The van der Waals surface area contributed by atoms with Crippen LogP contribution in [-0.4, -0.2) is 10.9 Å². The summed E-state index contributed by atoms with van der Waals surface area (Å²) in [4.78, 5) is 28.9. The van der Waals surface area contributed by atoms with Gasteiger partial charge in [0.15, 0.2) is 0 Å². The monoisotopic (exact) mass is 400 g/mol. The number of hydrogen-bond acceptors (Lipinski definition) is 5. The topological polar surface area (TPSA) is 81.4 Å². The molecule has 1 unspecified atom stereocenters. The number of amides is 1. The number of carbonyl (C=O) groups excluding carboxylic acids is 1. The van der Waals surface area contributed by atoms with Crippen LogP contribution in [0.15, 0.2) is 88.3 Å². The average molecular weight is 400 g/mol. The molecule has 0 aliphatic carbocycles. The van der Waals surface area contributed by atoms with Crippen molar-refractivity contribution in [2.24, 2.45) is 0 Å². The third-order valence-electron chi connectivity index (χ3n) is 4.74. The Morgan fingerprint density at radius 2 is 1.90 bits per heavy atom. The van der Waals surface area contributed by atoms with E-state index in [9.17, 15) is 9.59 Å². The number of aromatic nitrogens is 1. The van der Waals surface area contributed by atoms with Crippen LogP contribution in [0.1, 0.15) is 34.5 Å². The van der Waals surface area contributed by atoms with Gasteiger partial charge in [0, 0.05) is 23.3 Å². The van der Waals surface area contributed by atoms with Crippen molar-refractivity contribution in [3.05, 3.63) is 106 Å². The molecule has 1 atom stereocenters. The van der Waals surface area contributed by atoms with Gasteiger partial charge in [0.2, 0.25) is 0 Å². The number of nitrogens with one attached hydrogen (secondary N) is 1. The van der Waals surface area contributed by atoms with Crippen molar-refractivity contribution in [1.82, 2.24) is 10.3 Å². The van der Waals surface area contributed by atoms with Crippen LogP contribution < -0.4 is 15.7 Å². The smallest absolute Gasteiger partial charge is 0.349 e. The van der Waals surface area contributed by atoms with Crippen molar-refractivity contribution in [2.75, 3.05) is 0 Å². The van der Waals surface area contributed by atoms with Crippen LogP contribution in [0.2, 0.25) is 0 Å². The van der Waals surface area contributed by atoms with Gasteiger partial charge in [-0.25, -0.2) is 4.79 Å². The zero-order valence-corrected chi connectivity index (χ0v) is 16.4. The third-order valence-corrected chi connectivity index (χ3v) is 4.74. The lowest BCUT2D eigenvalue weighted by Gasteiger charge is -2.15. The molecule has 4 rings (SSSR count). The normalized spacial score (nSPS) is 11.8. The zero-order valence-electron chi connectivity index (χ0n) is 16.4. The molecule has 2 heterocycles. The van der Waals surface area contributed by atoms with E-state index in [0.29, 0.717) is 17.6 Å². The molecule has 1 amide bonds. The number of nitrogens with zero attached hydrogens (tertiary/aromatic N) is 1. The van der Waals surface area contributed by atoms with Gasteiger partial charge in [0.25, 0.3) is 5.91 Å². The Kier molecular flexibility index (Phi) is 5.57. The van der Waals surface area contributed by atoms with Crippen molar-refractivity contribution in [3.63, 3.8) is 0 Å². The Hall–Kier alpha value is -3.93. The van der Waals surface area contributed by atoms with E-state index in [1.54, 1.807) is 36.7 Å². The predicted molar refractivity (Wildman–Crippen MR) is 113 cm³/mol. The molecule has 0 fully saturated rings. The minimum atomic E-state index is -0.655. The Morgan fingerprint density at radius 1 is 1.10 bits per heavy atom. The molecule has 0 radical (unpaired) electrons. The zero-order chi connectivity index (χ0) is 20.9. The molecule has 0 bridgehead atoms. The van der Waals surface area contributed by atoms with E-state index in [1.165, 1.54) is 0 Å². The van der Waals surface area contributed by atoms with E-state index in [0.717, 1.165) is 16.9 Å². The number of pyridine rings is 1. The van der Waals surface area contributed by atoms with Crippen LogP contribution in [0, 0.1) is 0 Å². The minimum absolute atomic E-state index is 0.0167. The summed E-state index contributed by atoms with van der Waals surface area (Å²) < 4.78 is 11.0. The maximum absolute atomic E-state index is 12.6. The van der Waals surface area contributed by atoms with Gasteiger partial charge in [-0.3, -0.25) is 9.78 Å². The number of ether oxygens (including phenoxy) is 1. The van der Waals surface area contributed by atoms with Crippen LogP contribution >= 0.6 is 0 Å². The van der Waals surface area contributed by atoms with Crippen molar-refractivity contribution < 1.29 is 13.9 Å². The van der Waals surface area contributed by atoms with E-state index in [4.69, 9.17) is 9.15 Å². The van der Waals surface area contributed by atoms with Gasteiger partial charge in [-0.15, -0.1) is 0 Å². The van der Waals surface area contributed by atoms with Gasteiger partial charge in [0.1, 0.15) is 23.5 Å². The van der Waals surface area contributed by atoms with Crippen LogP contribution in [0.5, 0.6) is 5.75 Å². The second kappa shape index (κ2) is 8.61. The van der Waals surface area contributed by atoms with Crippen molar-refractivity contribution >= 4 is 16.9 Å². The molecule has 2 aromatic carbocycles. The molecular weight excluding hydrogens is 380 g/mol. The molecule has 6 nitrogen and oxygen atoms in total. The van der Waals surface area contributed by atoms with Gasteiger partial charge in [-0.1, -0.05) is 36.4 Å². The van der Waals surface area contributed by atoms with Crippen molar-refractivity contribution in [1.29, 1.82) is 0 Å². The second-order valence-electron chi connectivity index (χ2n) is 6.90. The fraction of sp³-hybridized carbons (Fsp3) is 0.125. The fourth-order valence-corrected chi connectivity index (χ4v) is 3.08. The molecule has 6 heteroatoms. The summed E-state index contributed by atoms with van der Waals surface area (Å²) in [6, 6.07) is 19.6. The lowest BCUT2D eigenvalue weighted by atomic mass is 10.1. The van der Waals surface area contributed by atoms with Crippen LogP contribution in [-0.2, 0) is 6.61 Å². The number of hydrogen-bond donors (Lipinski definition) is 1. The minimum Gasteiger partial charge on any atom is -0.489 e. The summed E-state index contributed by atoms with van der Waals surface area (Å²) >= 11 is 0. The number of benzene rings is 2. The highest BCUT2D eigenvalue weighted by Crippen LogP contribution is 2.19. The first kappa shape index (κ1) is 19.4. The molecule has 0 spiro atoms. The highest BCUT2D eigenvalue weighted by atomic mass is 16.5.